The smallest absolute Gasteiger partial charge is 0.405 e. The van der Waals surface area contributed by atoms with Gasteiger partial charge < -0.3 is 34.8 Å². The number of fused-ring (bicyclic) bond motifs is 3. The van der Waals surface area contributed by atoms with Crippen LogP contribution in [0.15, 0.2) is 301 Å². The van der Waals surface area contributed by atoms with Crippen molar-refractivity contribution in [3.05, 3.63) is 362 Å². The molecule has 0 fully saturated rings. The van der Waals surface area contributed by atoms with Crippen LogP contribution in [0.25, 0.3) is 87.5 Å². The molecule has 0 aliphatic rings. The van der Waals surface area contributed by atoms with Crippen LogP contribution in [0, 0.1) is 54.1 Å². The number of nitrogens with zero attached hydrogens (tertiary/aromatic N) is 4. The average molecular weight is 2400 g/mol. The molecule has 9 aromatic carbocycles. The summed E-state index contributed by atoms with van der Waals surface area (Å²) in [4.78, 5) is 57.3. The topological polar surface area (TPSA) is 214 Å². The zero-order chi connectivity index (χ0) is 76.8. The first kappa shape index (κ1) is 99.1. The number of aliphatic hydroxyl groups is 3. The van der Waals surface area contributed by atoms with E-state index in [2.05, 4.69) is 111 Å². The van der Waals surface area contributed by atoms with Crippen molar-refractivity contribution in [2.45, 2.75) is 47.7 Å². The van der Waals surface area contributed by atoms with Crippen LogP contribution in [0.5, 0.6) is 0 Å². The zero-order valence-electron chi connectivity index (χ0n) is 59.6. The molecule has 0 atom stereocenters. The normalized spacial score (nSPS) is 10.2. The minimum atomic E-state index is -5.10. The number of rotatable bonds is 9. The van der Waals surface area contributed by atoms with Gasteiger partial charge in [0.25, 0.3) is 0 Å². The molecule has 0 aliphatic carbocycles. The summed E-state index contributed by atoms with van der Waals surface area (Å²) in [5.41, 5.74) is 5.55. The van der Waals surface area contributed by atoms with Gasteiger partial charge >= 0.3 is 12.1 Å². The van der Waals surface area contributed by atoms with Crippen LogP contribution < -0.4 is 0 Å². The number of carboxylic acids is 1. The molecule has 5 radical (unpaired) electrons. The predicted molar refractivity (Wildman–Crippen MR) is 405 cm³/mol. The Kier molecular flexibility index (Phi) is 47.4. The summed E-state index contributed by atoms with van der Waals surface area (Å²) >= 11 is 1.73. The summed E-state index contributed by atoms with van der Waals surface area (Å²) < 4.78 is 71.1. The van der Waals surface area contributed by atoms with E-state index in [1.807, 2.05) is 158 Å². The number of carbonyl (C=O) groups excluding carboxylic acids is 3. The number of aliphatic hydroxyl groups excluding tert-OH is 3. The van der Waals surface area contributed by atoms with Crippen molar-refractivity contribution in [2.24, 2.45) is 0 Å². The third kappa shape index (κ3) is 36.2. The second-order valence-electron chi connectivity index (χ2n) is 21.9. The Bertz CT molecular complexity index is 4880. The number of aromatic carboxylic acids is 1. The Hall–Kier alpha value is -9.88. The molecule has 0 unspecified atom stereocenters. The molecule has 14 rings (SSSR count). The number of allylic oxidation sites excluding steroid dienone is 6. The van der Waals surface area contributed by atoms with E-state index in [0.717, 1.165) is 54.9 Å². The molecule has 0 amide bonds. The maximum absolute atomic E-state index is 13.7. The van der Waals surface area contributed by atoms with Crippen molar-refractivity contribution >= 4 is 66.6 Å². The quantitative estimate of drug-likeness (QED) is 0.0459. The van der Waals surface area contributed by atoms with Gasteiger partial charge in [0.05, 0.1) is 34.4 Å². The van der Waals surface area contributed by atoms with E-state index in [0.29, 0.717) is 12.0 Å². The van der Waals surface area contributed by atoms with Gasteiger partial charge in [-0.2, -0.15) is 104 Å². The van der Waals surface area contributed by atoms with Gasteiger partial charge in [-0.15, -0.1) is 102 Å². The standard InChI is InChI=1S/C16H10.C13H8NO.C13H8NS.C12H5F5N.C12H8.C6H5NO2.3C5H8O2.5Ir/c1-2-6-13(7-3-1)16-11-10-14-8-4-5-9-15(14)12-16;1-2-6-10(7-3-1)13-14-11-8-4-5-9-12(11)15-13;1-2-7-12-10(5-1)9-13(15-12)11-6-3-4-8-14-11;13-8-5-4-7(9-3-1-2-6-18-9)11(14)10(8)12(15,16)17;1-3-7-11(8-4-1)12-9-5-2-6-10-12;8-6(9)5-3-1-2-4-7-5;3*1-4(6)3-5(2)7;;;;;/h1-6,8-11H;1-6,8-9H;1-8H;1-3,5-6H;1-7,9H;1-4H,(H,8,9);3*3,6H,1-2H3;;;;;/q-2;3*-1;-2;;;;;;;;;. The number of benzene rings is 9. The number of thiophene rings is 1. The van der Waals surface area contributed by atoms with Crippen LogP contribution in [-0.2, 0) is 121 Å². The van der Waals surface area contributed by atoms with Crippen molar-refractivity contribution in [1.82, 2.24) is 19.9 Å². The summed E-state index contributed by atoms with van der Waals surface area (Å²) in [5.74, 6) is -3.96. The van der Waals surface area contributed by atoms with E-state index < -0.39 is 34.9 Å². The van der Waals surface area contributed by atoms with Crippen LogP contribution in [0.1, 0.15) is 57.6 Å². The monoisotopic (exact) mass is 2400 g/mol. The summed E-state index contributed by atoms with van der Waals surface area (Å²) in [7, 11) is 0. The molecule has 0 aliphatic heterocycles. The van der Waals surface area contributed by atoms with E-state index in [-0.39, 0.29) is 147 Å². The number of pyridine rings is 3. The maximum atomic E-state index is 13.7. The van der Waals surface area contributed by atoms with Gasteiger partial charge in [0.2, 0.25) is 0 Å². The fraction of sp³-hybridized carbons (Fsp3) is 0.0805. The zero-order valence-corrected chi connectivity index (χ0v) is 72.4. The molecule has 583 valence electrons. The van der Waals surface area contributed by atoms with Crippen LogP contribution >= 0.6 is 11.3 Å². The predicted octanol–water partition coefficient (Wildman–Crippen LogP) is 21.8. The third-order valence-electron chi connectivity index (χ3n) is 13.2. The summed E-state index contributed by atoms with van der Waals surface area (Å²) in [6.45, 7) is 8.54. The Morgan fingerprint density at radius 1 is 0.441 bits per heavy atom. The number of alkyl halides is 3. The molecule has 0 spiro atoms. The number of carboxylic acid groups (broad SMARTS) is 1. The molecule has 5 heterocycles. The molecule has 0 saturated carbocycles. The number of oxazole rings is 1. The number of para-hydroxylation sites is 2. The van der Waals surface area contributed by atoms with E-state index >= 15 is 0 Å². The molecule has 14 aromatic rings. The van der Waals surface area contributed by atoms with Gasteiger partial charge in [0, 0.05) is 149 Å². The Balaban J connectivity index is 0.000000633. The number of ketones is 3. The van der Waals surface area contributed by atoms with Gasteiger partial charge in [-0.25, -0.2) is 37.8 Å². The van der Waals surface area contributed by atoms with E-state index in [4.69, 9.17) is 24.8 Å². The third-order valence-corrected chi connectivity index (χ3v) is 14.3. The first-order valence-electron chi connectivity index (χ1n) is 32.0. The van der Waals surface area contributed by atoms with E-state index in [1.54, 1.807) is 23.5 Å². The van der Waals surface area contributed by atoms with E-state index in [1.165, 1.54) is 112 Å². The summed E-state index contributed by atoms with van der Waals surface area (Å²) in [5, 5.41) is 37.0. The minimum absolute atomic E-state index is 0. The molecule has 0 saturated heterocycles. The van der Waals surface area contributed by atoms with Crippen molar-refractivity contribution in [2.75, 3.05) is 0 Å². The molecule has 13 nitrogen and oxygen atoms in total. The van der Waals surface area contributed by atoms with Crippen LogP contribution in [-0.4, -0.2) is 63.7 Å². The molecule has 111 heavy (non-hydrogen) atoms. The van der Waals surface area contributed by atoms with Crippen molar-refractivity contribution < 1.29 is 167 Å². The second-order valence-corrected chi connectivity index (χ2v) is 23.0. The fourth-order valence-corrected chi connectivity index (χ4v) is 9.81. The van der Waals surface area contributed by atoms with Crippen molar-refractivity contribution in [1.29, 1.82) is 0 Å². The van der Waals surface area contributed by atoms with E-state index in [9.17, 15) is 41.1 Å². The van der Waals surface area contributed by atoms with Gasteiger partial charge in [0.15, 0.2) is 17.3 Å². The van der Waals surface area contributed by atoms with Gasteiger partial charge in [-0.3, -0.25) is 28.1 Å². The average Bonchev–Trinajstić information content (AvgIpc) is 1.67. The Labute approximate surface area is 712 Å². The fourth-order valence-electron chi connectivity index (χ4n) is 8.83. The van der Waals surface area contributed by atoms with Crippen LogP contribution in [0.4, 0.5) is 22.0 Å². The SMILES string of the molecule is CC(=O)C=C(C)O.CC(=O)C=C(C)O.CC(=O)C=C(C)O.Fc1c[c-]c(-c2ccccn2)c(F)c1C(F)(F)F.O=C(O)c1ccccn1.[Ir].[Ir].[Ir].[Ir].[Ir].[c-]1c(-c2ccccn2)sc2ccccc12.[c-]1ccccc1-c1[c-]c2ccccc2cc1.[c-]1ccccc1-c1[c-]cccc1.[c-]1ccccc1-c1nc2ccccc2o1. The number of hydrogen-bond acceptors (Lipinski definition) is 13. The molecule has 4 N–H and O–H groups in total. The first-order chi connectivity index (χ1) is 50.9. The Morgan fingerprint density at radius 3 is 1.29 bits per heavy atom. The second kappa shape index (κ2) is 53.1. The number of aromatic nitrogens is 4. The molecular formula is C87H68F5Ir5N4O9S-7. The number of carbonyl (C=O) groups is 4. The largest absolute Gasteiger partial charge is 0.512 e. The Morgan fingerprint density at radius 2 is 0.874 bits per heavy atom. The van der Waals surface area contributed by atoms with Crippen molar-refractivity contribution in [3.63, 3.8) is 0 Å². The van der Waals surface area contributed by atoms with Crippen LogP contribution in [0.2, 0.25) is 0 Å². The molecule has 5 aromatic heterocycles. The maximum Gasteiger partial charge on any atom is 0.405 e. The number of hydrogen-bond donors (Lipinski definition) is 4. The van der Waals surface area contributed by atoms with Gasteiger partial charge in [-0.05, 0) is 93.2 Å². The molecule has 0 bridgehead atoms. The summed E-state index contributed by atoms with van der Waals surface area (Å²) in [6, 6.07) is 97.0. The van der Waals surface area contributed by atoms with Crippen molar-refractivity contribution in [3.8, 4) is 55.5 Å². The first-order valence-corrected chi connectivity index (χ1v) is 32.8. The van der Waals surface area contributed by atoms with Crippen LogP contribution in [0.3, 0.4) is 0 Å². The van der Waals surface area contributed by atoms with Gasteiger partial charge in [-0.1, -0.05) is 89.3 Å². The molecule has 24 heteroatoms. The van der Waals surface area contributed by atoms with Gasteiger partial charge in [0.1, 0.15) is 17.2 Å². The number of halogens is 5. The molecular weight excluding hydrogens is 2330 g/mol. The minimum Gasteiger partial charge on any atom is -0.512 e. The summed E-state index contributed by atoms with van der Waals surface area (Å²) in [6.07, 6.45) is 2.95.